The van der Waals surface area contributed by atoms with Crippen LogP contribution in [0.25, 0.3) is 0 Å². The van der Waals surface area contributed by atoms with Crippen LogP contribution < -0.4 is 5.32 Å². The molecule has 0 atom stereocenters. The molecule has 0 spiro atoms. The Hall–Kier alpha value is -2.09. The summed E-state index contributed by atoms with van der Waals surface area (Å²) in [7, 11) is 0. The second kappa shape index (κ2) is 6.19. The molecule has 0 bridgehead atoms. The average Bonchev–Trinajstić information content (AvgIpc) is 2.42. The number of benzene rings is 2. The Balaban J connectivity index is 2.24. The maximum absolute atomic E-state index is 4.70. The molecule has 2 rings (SSSR count). The monoisotopic (exact) mass is 252 g/mol. The van der Waals surface area contributed by atoms with Crippen molar-refractivity contribution in [3.05, 3.63) is 59.7 Å². The molecule has 0 radical (unpaired) electrons. The summed E-state index contributed by atoms with van der Waals surface area (Å²) in [6.45, 7) is 7.17. The number of hydrogen-bond acceptors (Lipinski definition) is 2. The first-order valence-corrected chi connectivity index (χ1v) is 6.66. The van der Waals surface area contributed by atoms with Crippen molar-refractivity contribution in [1.82, 2.24) is 0 Å². The van der Waals surface area contributed by atoms with Gasteiger partial charge in [0.2, 0.25) is 0 Å². The summed E-state index contributed by atoms with van der Waals surface area (Å²) in [6, 6.07) is 16.6. The molecule has 0 amide bonds. The van der Waals surface area contributed by atoms with Gasteiger partial charge in [0, 0.05) is 17.9 Å². The number of nitrogens with one attached hydrogen (secondary N) is 1. The van der Waals surface area contributed by atoms with E-state index in [1.165, 1.54) is 5.56 Å². The quantitative estimate of drug-likeness (QED) is 0.792. The first-order chi connectivity index (χ1) is 9.20. The van der Waals surface area contributed by atoms with E-state index in [-0.39, 0.29) is 0 Å². The van der Waals surface area contributed by atoms with Gasteiger partial charge in [-0.1, -0.05) is 30.3 Å². The van der Waals surface area contributed by atoms with Gasteiger partial charge in [-0.05, 0) is 50.1 Å². The number of rotatable bonds is 4. The van der Waals surface area contributed by atoms with Gasteiger partial charge in [-0.3, -0.25) is 4.99 Å². The Morgan fingerprint density at radius 1 is 1.05 bits per heavy atom. The molecule has 2 aromatic carbocycles. The van der Waals surface area contributed by atoms with E-state index in [1.54, 1.807) is 0 Å². The summed E-state index contributed by atoms with van der Waals surface area (Å²) in [5.41, 5.74) is 5.58. The average molecular weight is 252 g/mol. The molecule has 0 aliphatic carbocycles. The van der Waals surface area contributed by atoms with Gasteiger partial charge < -0.3 is 5.32 Å². The number of para-hydroxylation sites is 1. The van der Waals surface area contributed by atoms with Gasteiger partial charge in [-0.25, -0.2) is 0 Å². The smallest absolute Gasteiger partial charge is 0.0662 e. The third-order valence-corrected chi connectivity index (χ3v) is 3.09. The Labute approximate surface area is 115 Å². The zero-order valence-corrected chi connectivity index (χ0v) is 11.8. The lowest BCUT2D eigenvalue weighted by Gasteiger charge is -2.06. The summed E-state index contributed by atoms with van der Waals surface area (Å²) in [5, 5.41) is 3.29. The van der Waals surface area contributed by atoms with Crippen LogP contribution in [0.15, 0.2) is 53.5 Å². The number of anilines is 1. The normalized spacial score (nSPS) is 11.4. The summed E-state index contributed by atoms with van der Waals surface area (Å²) in [5.74, 6) is 0. The molecule has 2 aromatic rings. The largest absolute Gasteiger partial charge is 0.385 e. The lowest BCUT2D eigenvalue weighted by atomic mass is 10.1. The third-order valence-electron chi connectivity index (χ3n) is 3.09. The molecule has 1 N–H and O–H groups in total. The van der Waals surface area contributed by atoms with Crippen molar-refractivity contribution in [2.45, 2.75) is 20.8 Å². The molecule has 0 aromatic heterocycles. The zero-order valence-electron chi connectivity index (χ0n) is 11.8. The van der Waals surface area contributed by atoms with E-state index in [9.17, 15) is 0 Å². The van der Waals surface area contributed by atoms with Gasteiger partial charge in [0.05, 0.1) is 5.69 Å². The summed E-state index contributed by atoms with van der Waals surface area (Å²) in [6.07, 6.45) is 0. The van der Waals surface area contributed by atoms with E-state index in [4.69, 9.17) is 4.99 Å². The molecular formula is C17H20N2. The SMILES string of the molecule is CCNc1ccc(C(C)=Nc2ccccc2C)cc1. The standard InChI is InChI=1S/C17H20N2/c1-4-18-16-11-9-15(10-12-16)14(3)19-17-8-6-5-7-13(17)2/h5-12,18H,4H2,1-3H3. The highest BCUT2D eigenvalue weighted by atomic mass is 14.8. The lowest BCUT2D eigenvalue weighted by Crippen LogP contribution is -1.98. The van der Waals surface area contributed by atoms with Crippen LogP contribution in [0, 0.1) is 6.92 Å². The van der Waals surface area contributed by atoms with Crippen molar-refractivity contribution in [3.8, 4) is 0 Å². The van der Waals surface area contributed by atoms with Gasteiger partial charge in [-0.2, -0.15) is 0 Å². The molecule has 0 aliphatic heterocycles. The fraction of sp³-hybridized carbons (Fsp3) is 0.235. The molecule has 0 saturated heterocycles. The van der Waals surface area contributed by atoms with E-state index in [0.717, 1.165) is 29.2 Å². The topological polar surface area (TPSA) is 24.4 Å². The Morgan fingerprint density at radius 2 is 1.74 bits per heavy atom. The number of aryl methyl sites for hydroxylation is 1. The van der Waals surface area contributed by atoms with Crippen molar-refractivity contribution in [2.24, 2.45) is 4.99 Å². The van der Waals surface area contributed by atoms with Crippen molar-refractivity contribution in [1.29, 1.82) is 0 Å². The van der Waals surface area contributed by atoms with Gasteiger partial charge in [0.25, 0.3) is 0 Å². The van der Waals surface area contributed by atoms with Crippen molar-refractivity contribution in [2.75, 3.05) is 11.9 Å². The highest BCUT2D eigenvalue weighted by molar-refractivity contribution is 6.00. The summed E-state index contributed by atoms with van der Waals surface area (Å²) < 4.78 is 0. The Kier molecular flexibility index (Phi) is 4.35. The van der Waals surface area contributed by atoms with E-state index in [1.807, 2.05) is 18.2 Å². The molecule has 98 valence electrons. The molecule has 0 heterocycles. The number of hydrogen-bond donors (Lipinski definition) is 1. The lowest BCUT2D eigenvalue weighted by molar-refractivity contribution is 1.21. The second-order valence-corrected chi connectivity index (χ2v) is 4.59. The fourth-order valence-corrected chi connectivity index (χ4v) is 1.97. The molecule has 2 heteroatoms. The van der Waals surface area contributed by atoms with Crippen molar-refractivity contribution in [3.63, 3.8) is 0 Å². The maximum Gasteiger partial charge on any atom is 0.0662 e. The molecule has 0 unspecified atom stereocenters. The molecule has 0 saturated carbocycles. The Morgan fingerprint density at radius 3 is 2.37 bits per heavy atom. The van der Waals surface area contributed by atoms with Crippen LogP contribution in [0.5, 0.6) is 0 Å². The maximum atomic E-state index is 4.70. The predicted molar refractivity (Wildman–Crippen MR) is 83.7 cm³/mol. The van der Waals surface area contributed by atoms with E-state index in [0.29, 0.717) is 0 Å². The summed E-state index contributed by atoms with van der Waals surface area (Å²) in [4.78, 5) is 4.70. The van der Waals surface area contributed by atoms with Crippen LogP contribution >= 0.6 is 0 Å². The molecule has 2 nitrogen and oxygen atoms in total. The first kappa shape index (κ1) is 13.3. The zero-order chi connectivity index (χ0) is 13.7. The van der Waals surface area contributed by atoms with Crippen LogP contribution in [0.4, 0.5) is 11.4 Å². The van der Waals surface area contributed by atoms with Crippen LogP contribution in [-0.2, 0) is 0 Å². The first-order valence-electron chi connectivity index (χ1n) is 6.66. The predicted octanol–water partition coefficient (Wildman–Crippen LogP) is 4.57. The number of nitrogens with zero attached hydrogens (tertiary/aromatic N) is 1. The summed E-state index contributed by atoms with van der Waals surface area (Å²) >= 11 is 0. The molecular weight excluding hydrogens is 232 g/mol. The van der Waals surface area contributed by atoms with Crippen LogP contribution in [0.3, 0.4) is 0 Å². The van der Waals surface area contributed by atoms with Crippen molar-refractivity contribution < 1.29 is 0 Å². The minimum absolute atomic E-state index is 0.940. The molecule has 19 heavy (non-hydrogen) atoms. The van der Waals surface area contributed by atoms with E-state index in [2.05, 4.69) is 56.4 Å². The third kappa shape index (κ3) is 3.44. The fourth-order valence-electron chi connectivity index (χ4n) is 1.97. The molecule has 0 fully saturated rings. The van der Waals surface area contributed by atoms with Crippen LogP contribution in [-0.4, -0.2) is 12.3 Å². The highest BCUT2D eigenvalue weighted by Gasteiger charge is 2.00. The minimum atomic E-state index is 0.940. The Bertz CT molecular complexity index is 568. The van der Waals surface area contributed by atoms with Gasteiger partial charge in [-0.15, -0.1) is 0 Å². The van der Waals surface area contributed by atoms with E-state index >= 15 is 0 Å². The van der Waals surface area contributed by atoms with Gasteiger partial charge in [0.15, 0.2) is 0 Å². The van der Waals surface area contributed by atoms with Crippen LogP contribution in [0.2, 0.25) is 0 Å². The van der Waals surface area contributed by atoms with Crippen molar-refractivity contribution >= 4 is 17.1 Å². The van der Waals surface area contributed by atoms with Crippen LogP contribution in [0.1, 0.15) is 25.0 Å². The highest BCUT2D eigenvalue weighted by Crippen LogP contribution is 2.19. The van der Waals surface area contributed by atoms with Gasteiger partial charge >= 0.3 is 0 Å². The second-order valence-electron chi connectivity index (χ2n) is 4.59. The van der Waals surface area contributed by atoms with E-state index < -0.39 is 0 Å². The number of aliphatic imine (C=N–C) groups is 1. The van der Waals surface area contributed by atoms with Gasteiger partial charge in [0.1, 0.15) is 0 Å². The minimum Gasteiger partial charge on any atom is -0.385 e. The molecule has 0 aliphatic rings.